The molecular weight excluding hydrogens is 412 g/mol. The van der Waals surface area contributed by atoms with Crippen LogP contribution in [0.2, 0.25) is 5.02 Å². The molecule has 0 aromatic heterocycles. The van der Waals surface area contributed by atoms with Gasteiger partial charge < -0.3 is 9.64 Å². The summed E-state index contributed by atoms with van der Waals surface area (Å²) in [4.78, 5) is 27.0. The van der Waals surface area contributed by atoms with E-state index in [1.807, 2.05) is 30.3 Å². The molecule has 0 unspecified atom stereocenters. The van der Waals surface area contributed by atoms with Gasteiger partial charge in [0.25, 0.3) is 0 Å². The van der Waals surface area contributed by atoms with Crippen LogP contribution in [0.4, 0.5) is 5.69 Å². The third kappa shape index (κ3) is 6.93. The lowest BCUT2D eigenvalue weighted by molar-refractivity contribution is -0.140. The van der Waals surface area contributed by atoms with Crippen molar-refractivity contribution in [2.24, 2.45) is 5.92 Å². The smallest absolute Gasteiger partial charge is 0.325 e. The Balaban J connectivity index is 2.47. The fraction of sp³-hybridized carbons (Fsp3) is 0.400. The Bertz CT molecular complexity index is 893. The quantitative estimate of drug-likeness (QED) is 0.349. The topological polar surface area (TPSA) is 70.5 Å². The molecule has 166 valence electrons. The molecule has 1 amide bonds. The Morgan fingerprint density at radius 1 is 1.06 bits per heavy atom. The van der Waals surface area contributed by atoms with Gasteiger partial charge in [-0.25, -0.2) is 0 Å². The Labute approximate surface area is 189 Å². The zero-order valence-electron chi connectivity index (χ0n) is 18.5. The van der Waals surface area contributed by atoms with Gasteiger partial charge in [-0.05, 0) is 24.1 Å². The minimum atomic E-state index is -0.511. The molecule has 2 aromatic rings. The molecule has 0 aliphatic heterocycles. The van der Waals surface area contributed by atoms with Gasteiger partial charge in [0.05, 0.1) is 18.5 Å². The molecule has 31 heavy (non-hydrogen) atoms. The molecule has 0 heterocycles. The Hall–Kier alpha value is -2.66. The highest BCUT2D eigenvalue weighted by atomic mass is 35.5. The summed E-state index contributed by atoms with van der Waals surface area (Å²) in [6.07, 6.45) is 4.26. The number of anilines is 1. The average molecular weight is 443 g/mol. The normalized spacial score (nSPS) is 10.7. The summed E-state index contributed by atoms with van der Waals surface area (Å²) in [7, 11) is 1.30. The third-order valence-electron chi connectivity index (χ3n) is 5.25. The minimum absolute atomic E-state index is 0.151. The maximum absolute atomic E-state index is 13.4. The van der Waals surface area contributed by atoms with Gasteiger partial charge in [-0.3, -0.25) is 15.0 Å². The first-order valence-electron chi connectivity index (χ1n) is 10.7. The number of carbonyl (C=O) groups excluding carboxylic acids is 2. The van der Waals surface area contributed by atoms with E-state index in [-0.39, 0.29) is 24.1 Å². The molecule has 0 aliphatic rings. The van der Waals surface area contributed by atoms with Crippen molar-refractivity contribution in [2.75, 3.05) is 18.6 Å². The van der Waals surface area contributed by atoms with Crippen LogP contribution in [0.3, 0.4) is 0 Å². The summed E-state index contributed by atoms with van der Waals surface area (Å²) in [5.74, 6) is -0.406. The number of rotatable bonds is 11. The molecule has 1 N–H and O–H groups in total. The molecule has 2 aromatic carbocycles. The SMILES string of the molecule is CCCC(CCC)CC(=O)N(CC(=O)OC)c1ccc(Cl)cc1C(=N)c1ccccc1. The van der Waals surface area contributed by atoms with Crippen molar-refractivity contribution in [1.29, 1.82) is 5.41 Å². The molecule has 0 fully saturated rings. The lowest BCUT2D eigenvalue weighted by Crippen LogP contribution is -2.38. The maximum atomic E-state index is 13.4. The second kappa shape index (κ2) is 12.3. The highest BCUT2D eigenvalue weighted by Crippen LogP contribution is 2.29. The first-order chi connectivity index (χ1) is 14.9. The summed E-state index contributed by atoms with van der Waals surface area (Å²) in [6.45, 7) is 4.01. The molecule has 0 spiro atoms. The Morgan fingerprint density at radius 2 is 1.71 bits per heavy atom. The summed E-state index contributed by atoms with van der Waals surface area (Å²) in [5, 5.41) is 9.19. The lowest BCUT2D eigenvalue weighted by Gasteiger charge is -2.27. The fourth-order valence-electron chi connectivity index (χ4n) is 3.73. The molecule has 2 rings (SSSR count). The highest BCUT2D eigenvalue weighted by Gasteiger charge is 2.26. The summed E-state index contributed by atoms with van der Waals surface area (Å²) >= 11 is 6.24. The predicted molar refractivity (Wildman–Crippen MR) is 126 cm³/mol. The number of nitrogens with zero attached hydrogens (tertiary/aromatic N) is 1. The van der Waals surface area contributed by atoms with Crippen LogP contribution < -0.4 is 4.90 Å². The van der Waals surface area contributed by atoms with Gasteiger partial charge in [-0.15, -0.1) is 0 Å². The van der Waals surface area contributed by atoms with Crippen LogP contribution in [0.25, 0.3) is 0 Å². The van der Waals surface area contributed by atoms with Crippen LogP contribution in [0, 0.1) is 11.3 Å². The van der Waals surface area contributed by atoms with Gasteiger partial charge in [-0.2, -0.15) is 0 Å². The van der Waals surface area contributed by atoms with Crippen molar-refractivity contribution < 1.29 is 14.3 Å². The van der Waals surface area contributed by atoms with E-state index in [0.717, 1.165) is 25.7 Å². The molecule has 0 saturated carbocycles. The number of halogens is 1. The molecule has 0 radical (unpaired) electrons. The van der Waals surface area contributed by atoms with E-state index in [1.54, 1.807) is 18.2 Å². The molecule has 0 bridgehead atoms. The first kappa shape index (κ1) is 24.6. The highest BCUT2D eigenvalue weighted by molar-refractivity contribution is 6.31. The van der Waals surface area contributed by atoms with Crippen LogP contribution in [0.5, 0.6) is 0 Å². The standard InChI is InChI=1S/C25H31ClN2O3/c1-4-9-18(10-5-2)15-23(29)28(17-24(30)31-3)22-14-13-20(26)16-21(22)25(27)19-11-7-6-8-12-19/h6-8,11-14,16,18,27H,4-5,9-10,15,17H2,1-3H3. The number of carbonyl (C=O) groups is 2. The Morgan fingerprint density at radius 3 is 2.29 bits per heavy atom. The second-order valence-corrected chi connectivity index (χ2v) is 8.04. The van der Waals surface area contributed by atoms with Gasteiger partial charge in [0.2, 0.25) is 5.91 Å². The Kier molecular flexibility index (Phi) is 9.73. The third-order valence-corrected chi connectivity index (χ3v) is 5.49. The summed E-state index contributed by atoms with van der Waals surface area (Å²) in [5.41, 5.74) is 1.92. The molecule has 0 atom stereocenters. The largest absolute Gasteiger partial charge is 0.468 e. The lowest BCUT2D eigenvalue weighted by atomic mass is 9.93. The van der Waals surface area contributed by atoms with Gasteiger partial charge in [0.1, 0.15) is 6.54 Å². The molecule has 6 heteroatoms. The molecule has 5 nitrogen and oxygen atoms in total. The van der Waals surface area contributed by atoms with Crippen LogP contribution in [-0.4, -0.2) is 31.2 Å². The van der Waals surface area contributed by atoms with E-state index >= 15 is 0 Å². The van der Waals surface area contributed by atoms with Gasteiger partial charge in [0, 0.05) is 22.6 Å². The fourth-order valence-corrected chi connectivity index (χ4v) is 3.90. The first-order valence-corrected chi connectivity index (χ1v) is 11.1. The summed E-state index contributed by atoms with van der Waals surface area (Å²) < 4.78 is 4.85. The zero-order valence-corrected chi connectivity index (χ0v) is 19.2. The van der Waals surface area contributed by atoms with Crippen LogP contribution in [0.15, 0.2) is 48.5 Å². The van der Waals surface area contributed by atoms with Crippen LogP contribution >= 0.6 is 11.6 Å². The maximum Gasteiger partial charge on any atom is 0.325 e. The van der Waals surface area contributed by atoms with Crippen molar-refractivity contribution in [3.05, 3.63) is 64.7 Å². The van der Waals surface area contributed by atoms with E-state index in [2.05, 4.69) is 13.8 Å². The van der Waals surface area contributed by atoms with Crippen molar-refractivity contribution in [3.8, 4) is 0 Å². The zero-order chi connectivity index (χ0) is 22.8. The van der Waals surface area contributed by atoms with Crippen molar-refractivity contribution >= 4 is 34.9 Å². The van der Waals surface area contributed by atoms with E-state index in [1.165, 1.54) is 12.0 Å². The minimum Gasteiger partial charge on any atom is -0.468 e. The number of ether oxygens (including phenoxy) is 1. The number of amides is 1. The number of esters is 1. The summed E-state index contributed by atoms with van der Waals surface area (Å²) in [6, 6.07) is 14.3. The van der Waals surface area contributed by atoms with Gasteiger partial charge >= 0.3 is 5.97 Å². The number of methoxy groups -OCH3 is 1. The van der Waals surface area contributed by atoms with E-state index in [9.17, 15) is 9.59 Å². The number of nitrogens with one attached hydrogen (secondary N) is 1. The van der Waals surface area contributed by atoms with Crippen molar-refractivity contribution in [3.63, 3.8) is 0 Å². The van der Waals surface area contributed by atoms with E-state index < -0.39 is 5.97 Å². The van der Waals surface area contributed by atoms with Gasteiger partial charge in [0.15, 0.2) is 0 Å². The second-order valence-electron chi connectivity index (χ2n) is 7.61. The van der Waals surface area contributed by atoms with E-state index in [0.29, 0.717) is 28.3 Å². The van der Waals surface area contributed by atoms with Crippen LogP contribution in [0.1, 0.15) is 57.1 Å². The van der Waals surface area contributed by atoms with Crippen molar-refractivity contribution in [1.82, 2.24) is 0 Å². The molecule has 0 saturated heterocycles. The van der Waals surface area contributed by atoms with Crippen LogP contribution in [-0.2, 0) is 14.3 Å². The molecule has 0 aliphatic carbocycles. The monoisotopic (exact) mass is 442 g/mol. The number of hydrogen-bond donors (Lipinski definition) is 1. The average Bonchev–Trinajstić information content (AvgIpc) is 2.77. The predicted octanol–water partition coefficient (Wildman–Crippen LogP) is 5.87. The van der Waals surface area contributed by atoms with Gasteiger partial charge in [-0.1, -0.05) is 81.5 Å². The number of benzene rings is 2. The number of hydrogen-bond acceptors (Lipinski definition) is 4. The van der Waals surface area contributed by atoms with E-state index in [4.69, 9.17) is 21.7 Å². The van der Waals surface area contributed by atoms with Crippen molar-refractivity contribution in [2.45, 2.75) is 46.0 Å². The molecular formula is C25H31ClN2O3.